The molecule has 1 aromatic rings. The molecule has 0 bridgehead atoms. The van der Waals surface area contributed by atoms with Crippen molar-refractivity contribution < 1.29 is 4.79 Å². The zero-order chi connectivity index (χ0) is 13.4. The minimum atomic E-state index is 0.172. The van der Waals surface area contributed by atoms with Gasteiger partial charge in [0, 0.05) is 6.42 Å². The van der Waals surface area contributed by atoms with E-state index >= 15 is 0 Å². The number of rotatable bonds is 1. The number of Topliss-reactive ketones (excluding diaryl/α,β-unsaturated/α-hetero) is 1. The van der Waals surface area contributed by atoms with E-state index in [0.29, 0.717) is 6.42 Å². The first kappa shape index (κ1) is 12.2. The molecule has 0 saturated carbocycles. The minimum absolute atomic E-state index is 0.172. The monoisotopic (exact) mass is 250 g/mol. The summed E-state index contributed by atoms with van der Waals surface area (Å²) in [5.74, 6) is 0.172. The molecule has 0 amide bonds. The second kappa shape index (κ2) is 4.65. The van der Waals surface area contributed by atoms with Gasteiger partial charge in [-0.15, -0.1) is 0 Å². The van der Waals surface area contributed by atoms with Gasteiger partial charge in [0.2, 0.25) is 0 Å². The Bertz CT molecular complexity index is 629. The molecule has 0 unspecified atom stereocenters. The van der Waals surface area contributed by atoms with Gasteiger partial charge in [-0.25, -0.2) is 0 Å². The maximum Gasteiger partial charge on any atom is 0.156 e. The molecule has 0 radical (unpaired) electrons. The van der Waals surface area contributed by atoms with E-state index < -0.39 is 0 Å². The zero-order valence-corrected chi connectivity index (χ0v) is 11.3. The molecule has 0 aliphatic heterocycles. The van der Waals surface area contributed by atoms with Crippen LogP contribution < -0.4 is 0 Å². The van der Waals surface area contributed by atoms with Gasteiger partial charge in [-0.05, 0) is 59.6 Å². The number of carbonyl (C=O) groups excluding carboxylic acids is 1. The number of aryl methyl sites for hydroxylation is 1. The average Bonchev–Trinajstić information content (AvgIpc) is 2.57. The normalized spacial score (nSPS) is 18.4. The number of hydrogen-bond donors (Lipinski definition) is 0. The molecule has 0 aromatic heterocycles. The van der Waals surface area contributed by atoms with E-state index in [1.165, 1.54) is 22.3 Å². The van der Waals surface area contributed by atoms with Crippen molar-refractivity contribution >= 4 is 11.4 Å². The van der Waals surface area contributed by atoms with E-state index in [1.54, 1.807) is 6.92 Å². The number of ketones is 1. The van der Waals surface area contributed by atoms with Crippen molar-refractivity contribution in [2.75, 3.05) is 0 Å². The van der Waals surface area contributed by atoms with Gasteiger partial charge in [-0.1, -0.05) is 36.9 Å². The van der Waals surface area contributed by atoms with Gasteiger partial charge in [0.15, 0.2) is 5.78 Å². The number of fused-ring (bicyclic) bond motifs is 2. The highest BCUT2D eigenvalue weighted by molar-refractivity contribution is 5.98. The molecule has 2 aliphatic carbocycles. The highest BCUT2D eigenvalue weighted by Crippen LogP contribution is 2.40. The third kappa shape index (κ3) is 2.10. The van der Waals surface area contributed by atoms with Crippen LogP contribution in [0.1, 0.15) is 37.3 Å². The first-order valence-electron chi connectivity index (χ1n) is 6.88. The van der Waals surface area contributed by atoms with Gasteiger partial charge in [-0.3, -0.25) is 4.79 Å². The molecule has 96 valence electrons. The Balaban J connectivity index is 2.19. The minimum Gasteiger partial charge on any atom is -0.295 e. The summed E-state index contributed by atoms with van der Waals surface area (Å²) in [6, 6.07) is 8.59. The molecule has 0 saturated heterocycles. The molecule has 1 nitrogen and oxygen atoms in total. The van der Waals surface area contributed by atoms with Crippen LogP contribution in [0.15, 0.2) is 53.6 Å². The van der Waals surface area contributed by atoms with Crippen LogP contribution >= 0.6 is 0 Å². The lowest BCUT2D eigenvalue weighted by Gasteiger charge is -2.21. The van der Waals surface area contributed by atoms with Gasteiger partial charge in [-0.2, -0.15) is 0 Å². The number of allylic oxidation sites excluding steroid dienone is 5. The standard InChI is InChI=1S/C18H18O/c1-12-10-16(13(2)19)11-15-8-5-7-14-6-3-4-9-17(14)18(12)15/h3-4,6,9,11H,1,5,7-8,10H2,2H3. The predicted molar refractivity (Wildman–Crippen MR) is 78.8 cm³/mol. The van der Waals surface area contributed by atoms with Gasteiger partial charge >= 0.3 is 0 Å². The quantitative estimate of drug-likeness (QED) is 0.728. The Labute approximate surface area is 114 Å². The molecule has 0 spiro atoms. The smallest absolute Gasteiger partial charge is 0.156 e. The van der Waals surface area contributed by atoms with Crippen molar-refractivity contribution in [2.45, 2.75) is 32.6 Å². The second-order valence-electron chi connectivity index (χ2n) is 5.42. The summed E-state index contributed by atoms with van der Waals surface area (Å²) in [6.45, 7) is 5.87. The maximum atomic E-state index is 11.6. The van der Waals surface area contributed by atoms with Crippen LogP contribution in [0.5, 0.6) is 0 Å². The Morgan fingerprint density at radius 2 is 2.00 bits per heavy atom. The summed E-state index contributed by atoms with van der Waals surface area (Å²) in [6.07, 6.45) is 6.10. The average molecular weight is 250 g/mol. The van der Waals surface area contributed by atoms with Crippen molar-refractivity contribution in [3.05, 3.63) is 64.8 Å². The van der Waals surface area contributed by atoms with Crippen molar-refractivity contribution in [2.24, 2.45) is 0 Å². The van der Waals surface area contributed by atoms with Gasteiger partial charge in [0.25, 0.3) is 0 Å². The second-order valence-corrected chi connectivity index (χ2v) is 5.42. The van der Waals surface area contributed by atoms with E-state index in [-0.39, 0.29) is 5.78 Å². The van der Waals surface area contributed by atoms with Crippen LogP contribution in [0.25, 0.3) is 5.57 Å². The van der Waals surface area contributed by atoms with Crippen molar-refractivity contribution in [3.63, 3.8) is 0 Å². The van der Waals surface area contributed by atoms with Crippen LogP contribution in [0, 0.1) is 0 Å². The summed E-state index contributed by atoms with van der Waals surface area (Å²) in [7, 11) is 0. The lowest BCUT2D eigenvalue weighted by Crippen LogP contribution is -2.07. The SMILES string of the molecule is C=C1CC(C(C)=O)=CC2=C1c1ccccc1CCC2. The largest absolute Gasteiger partial charge is 0.295 e. The van der Waals surface area contributed by atoms with Crippen molar-refractivity contribution in [1.82, 2.24) is 0 Å². The summed E-state index contributed by atoms with van der Waals surface area (Å²) < 4.78 is 0. The Morgan fingerprint density at radius 3 is 2.79 bits per heavy atom. The molecular formula is C18H18O. The first-order chi connectivity index (χ1) is 9.16. The molecule has 0 atom stereocenters. The van der Waals surface area contributed by atoms with Crippen molar-refractivity contribution in [3.8, 4) is 0 Å². The zero-order valence-electron chi connectivity index (χ0n) is 11.3. The molecule has 0 N–H and O–H groups in total. The summed E-state index contributed by atoms with van der Waals surface area (Å²) in [4.78, 5) is 11.6. The number of benzene rings is 1. The summed E-state index contributed by atoms with van der Waals surface area (Å²) in [5, 5.41) is 0. The van der Waals surface area contributed by atoms with Crippen molar-refractivity contribution in [1.29, 1.82) is 0 Å². The molecule has 19 heavy (non-hydrogen) atoms. The fourth-order valence-electron chi connectivity index (χ4n) is 3.12. The third-order valence-electron chi connectivity index (χ3n) is 4.06. The van der Waals surface area contributed by atoms with E-state index in [0.717, 1.165) is 30.4 Å². The Morgan fingerprint density at radius 1 is 1.21 bits per heavy atom. The molecule has 3 rings (SSSR count). The van der Waals surface area contributed by atoms with E-state index in [9.17, 15) is 4.79 Å². The van der Waals surface area contributed by atoms with Crippen LogP contribution in [0.3, 0.4) is 0 Å². The maximum absolute atomic E-state index is 11.6. The van der Waals surface area contributed by atoms with Gasteiger partial charge in [0.1, 0.15) is 0 Å². The van der Waals surface area contributed by atoms with Crippen LogP contribution in [-0.2, 0) is 11.2 Å². The molecule has 1 aromatic carbocycles. The van der Waals surface area contributed by atoms with Gasteiger partial charge < -0.3 is 0 Å². The molecule has 0 fully saturated rings. The summed E-state index contributed by atoms with van der Waals surface area (Å²) in [5.41, 5.74) is 7.32. The van der Waals surface area contributed by atoms with Gasteiger partial charge in [0.05, 0.1) is 0 Å². The number of hydrogen-bond acceptors (Lipinski definition) is 1. The molecular weight excluding hydrogens is 232 g/mol. The topological polar surface area (TPSA) is 17.1 Å². The fraction of sp³-hybridized carbons (Fsp3) is 0.278. The first-order valence-corrected chi connectivity index (χ1v) is 6.88. The third-order valence-corrected chi connectivity index (χ3v) is 4.06. The molecule has 1 heteroatoms. The Kier molecular flexibility index (Phi) is 2.98. The highest BCUT2D eigenvalue weighted by Gasteiger charge is 2.23. The van der Waals surface area contributed by atoms with E-state index in [4.69, 9.17) is 0 Å². The molecule has 0 heterocycles. The fourth-order valence-corrected chi connectivity index (χ4v) is 3.12. The highest BCUT2D eigenvalue weighted by atomic mass is 16.1. The Hall–Kier alpha value is -1.89. The molecule has 2 aliphatic rings. The van der Waals surface area contributed by atoms with Crippen LogP contribution in [0.2, 0.25) is 0 Å². The van der Waals surface area contributed by atoms with E-state index in [2.05, 4.69) is 36.9 Å². The predicted octanol–water partition coefficient (Wildman–Crippen LogP) is 4.25. The van der Waals surface area contributed by atoms with Crippen LogP contribution in [0.4, 0.5) is 0 Å². The van der Waals surface area contributed by atoms with E-state index in [1.807, 2.05) is 0 Å². The lowest BCUT2D eigenvalue weighted by molar-refractivity contribution is -0.113. The summed E-state index contributed by atoms with van der Waals surface area (Å²) >= 11 is 0. The number of carbonyl (C=O) groups is 1. The lowest BCUT2D eigenvalue weighted by atomic mass is 9.82. The van der Waals surface area contributed by atoms with Crippen LogP contribution in [-0.4, -0.2) is 5.78 Å².